The minimum atomic E-state index is 0.374. The monoisotopic (exact) mass is 388 g/mol. The van der Waals surface area contributed by atoms with Crippen molar-refractivity contribution in [1.82, 2.24) is 20.1 Å². The van der Waals surface area contributed by atoms with Gasteiger partial charge in [0.25, 0.3) is 0 Å². The average Bonchev–Trinajstić information content (AvgIpc) is 2.74. The molecule has 0 saturated carbocycles. The zero-order valence-corrected chi connectivity index (χ0v) is 13.8. The fraction of sp³-hybridized carbons (Fsp3) is 0.333. The molecule has 1 heterocycles. The number of hydrogen-bond donors (Lipinski definition) is 1. The van der Waals surface area contributed by atoms with Gasteiger partial charge in [-0.15, -0.1) is 10.2 Å². The van der Waals surface area contributed by atoms with Gasteiger partial charge in [0.05, 0.1) is 8.95 Å². The third kappa shape index (κ3) is 3.55. The quantitative estimate of drug-likeness (QED) is 0.853. The van der Waals surface area contributed by atoms with Gasteiger partial charge in [-0.3, -0.25) is 0 Å². The van der Waals surface area contributed by atoms with Crippen molar-refractivity contribution in [2.75, 3.05) is 7.05 Å². The number of ether oxygens (including phenoxy) is 1. The van der Waals surface area contributed by atoms with E-state index in [-0.39, 0.29) is 0 Å². The van der Waals surface area contributed by atoms with Gasteiger partial charge in [0.15, 0.2) is 5.82 Å². The van der Waals surface area contributed by atoms with Crippen molar-refractivity contribution in [2.24, 2.45) is 7.05 Å². The lowest BCUT2D eigenvalue weighted by atomic mass is 10.2. The van der Waals surface area contributed by atoms with Gasteiger partial charge >= 0.3 is 0 Å². The molecule has 5 nitrogen and oxygen atoms in total. The number of rotatable bonds is 5. The lowest BCUT2D eigenvalue weighted by Gasteiger charge is -2.12. The Hall–Kier alpha value is -0.920. The summed E-state index contributed by atoms with van der Waals surface area (Å²) < 4.78 is 9.44. The molecule has 102 valence electrons. The maximum absolute atomic E-state index is 5.79. The van der Waals surface area contributed by atoms with Crippen molar-refractivity contribution in [3.8, 4) is 5.75 Å². The SMILES string of the molecule is CNCc1cc(Br)c(OCc2nncn2C)c(Br)c1. The van der Waals surface area contributed by atoms with E-state index >= 15 is 0 Å². The van der Waals surface area contributed by atoms with Crippen molar-refractivity contribution in [3.63, 3.8) is 0 Å². The van der Waals surface area contributed by atoms with Crippen LogP contribution in [0.3, 0.4) is 0 Å². The Balaban J connectivity index is 2.14. The van der Waals surface area contributed by atoms with Crippen LogP contribution in [0.5, 0.6) is 5.75 Å². The Kier molecular flexibility index (Phi) is 4.95. The second-order valence-electron chi connectivity index (χ2n) is 4.07. The van der Waals surface area contributed by atoms with E-state index in [0.29, 0.717) is 6.61 Å². The van der Waals surface area contributed by atoms with E-state index in [0.717, 1.165) is 27.1 Å². The molecule has 2 rings (SSSR count). The summed E-state index contributed by atoms with van der Waals surface area (Å²) in [5.74, 6) is 1.54. The van der Waals surface area contributed by atoms with Crippen molar-refractivity contribution in [2.45, 2.75) is 13.2 Å². The highest BCUT2D eigenvalue weighted by Gasteiger charge is 2.10. The molecule has 0 saturated heterocycles. The summed E-state index contributed by atoms with van der Waals surface area (Å²) in [5, 5.41) is 10.9. The normalized spacial score (nSPS) is 10.7. The fourth-order valence-electron chi connectivity index (χ4n) is 1.63. The van der Waals surface area contributed by atoms with Gasteiger partial charge in [-0.2, -0.15) is 0 Å². The number of nitrogens with zero attached hydrogens (tertiary/aromatic N) is 3. The number of halogens is 2. The molecule has 0 radical (unpaired) electrons. The number of aromatic nitrogens is 3. The Bertz CT molecular complexity index is 548. The van der Waals surface area contributed by atoms with Crippen LogP contribution in [0.2, 0.25) is 0 Å². The van der Waals surface area contributed by atoms with Crippen LogP contribution < -0.4 is 10.1 Å². The minimum absolute atomic E-state index is 0.374. The molecule has 2 aromatic rings. The summed E-state index contributed by atoms with van der Waals surface area (Å²) in [7, 11) is 3.80. The molecule has 19 heavy (non-hydrogen) atoms. The van der Waals surface area contributed by atoms with Gasteiger partial charge in [0.1, 0.15) is 18.7 Å². The first kappa shape index (κ1) is 14.5. The van der Waals surface area contributed by atoms with Crippen molar-refractivity contribution < 1.29 is 4.74 Å². The van der Waals surface area contributed by atoms with Crippen LogP contribution in [-0.4, -0.2) is 21.8 Å². The van der Waals surface area contributed by atoms with E-state index in [1.165, 1.54) is 5.56 Å². The van der Waals surface area contributed by atoms with Crippen LogP contribution in [0.1, 0.15) is 11.4 Å². The van der Waals surface area contributed by atoms with Crippen LogP contribution in [0.15, 0.2) is 27.4 Å². The molecule has 0 spiro atoms. The summed E-state index contributed by atoms with van der Waals surface area (Å²) >= 11 is 7.05. The third-order valence-electron chi connectivity index (χ3n) is 2.59. The Labute approximate surface area is 128 Å². The van der Waals surface area contributed by atoms with E-state index in [2.05, 4.69) is 47.4 Å². The molecule has 0 aliphatic rings. The second kappa shape index (κ2) is 6.49. The Morgan fingerprint density at radius 1 is 1.32 bits per heavy atom. The zero-order valence-electron chi connectivity index (χ0n) is 10.7. The predicted octanol–water partition coefficient (Wildman–Crippen LogP) is 2.64. The van der Waals surface area contributed by atoms with Crippen LogP contribution in [0.25, 0.3) is 0 Å². The molecule has 0 amide bonds. The second-order valence-corrected chi connectivity index (χ2v) is 5.77. The van der Waals surface area contributed by atoms with E-state index in [4.69, 9.17) is 4.74 Å². The fourth-order valence-corrected chi connectivity index (χ4v) is 3.14. The maximum atomic E-state index is 5.79. The van der Waals surface area contributed by atoms with Crippen LogP contribution in [0.4, 0.5) is 0 Å². The number of aryl methyl sites for hydroxylation is 1. The average molecular weight is 390 g/mol. The topological polar surface area (TPSA) is 52.0 Å². The first-order valence-electron chi connectivity index (χ1n) is 5.70. The molecule has 0 aliphatic carbocycles. The Morgan fingerprint density at radius 2 is 2.00 bits per heavy atom. The molecule has 0 atom stereocenters. The van der Waals surface area contributed by atoms with Gasteiger partial charge in [0.2, 0.25) is 0 Å². The van der Waals surface area contributed by atoms with Gasteiger partial charge in [-0.05, 0) is 56.6 Å². The molecule has 0 fully saturated rings. The standard InChI is InChI=1S/C12H14Br2N4O/c1-15-5-8-3-9(13)12(10(14)4-8)19-6-11-17-16-7-18(11)2/h3-4,7,15H,5-6H2,1-2H3. The lowest BCUT2D eigenvalue weighted by Crippen LogP contribution is -2.06. The van der Waals surface area contributed by atoms with E-state index in [1.54, 1.807) is 6.33 Å². The maximum Gasteiger partial charge on any atom is 0.170 e. The van der Waals surface area contributed by atoms with Crippen molar-refractivity contribution in [1.29, 1.82) is 0 Å². The molecule has 1 N–H and O–H groups in total. The summed E-state index contributed by atoms with van der Waals surface area (Å²) in [4.78, 5) is 0. The number of nitrogens with one attached hydrogen (secondary N) is 1. The van der Waals surface area contributed by atoms with E-state index < -0.39 is 0 Å². The molecular formula is C12H14Br2N4O. The van der Waals surface area contributed by atoms with Crippen LogP contribution >= 0.6 is 31.9 Å². The van der Waals surface area contributed by atoms with Crippen molar-refractivity contribution >= 4 is 31.9 Å². The summed E-state index contributed by atoms with van der Waals surface area (Å²) in [5.41, 5.74) is 1.17. The van der Waals surface area contributed by atoms with Crippen molar-refractivity contribution in [3.05, 3.63) is 38.8 Å². The van der Waals surface area contributed by atoms with Crippen LogP contribution in [0, 0.1) is 0 Å². The smallest absolute Gasteiger partial charge is 0.170 e. The molecule has 0 unspecified atom stereocenters. The first-order chi connectivity index (χ1) is 9.11. The molecule has 1 aromatic heterocycles. The zero-order chi connectivity index (χ0) is 13.8. The molecule has 0 aliphatic heterocycles. The number of hydrogen-bond acceptors (Lipinski definition) is 4. The highest BCUT2D eigenvalue weighted by molar-refractivity contribution is 9.11. The molecule has 0 bridgehead atoms. The van der Waals surface area contributed by atoms with Crippen LogP contribution in [-0.2, 0) is 20.2 Å². The van der Waals surface area contributed by atoms with E-state index in [1.807, 2.05) is 30.8 Å². The summed E-state index contributed by atoms with van der Waals surface area (Å²) in [6.07, 6.45) is 1.65. The first-order valence-corrected chi connectivity index (χ1v) is 7.28. The van der Waals surface area contributed by atoms with Gasteiger partial charge in [0, 0.05) is 13.6 Å². The predicted molar refractivity (Wildman–Crippen MR) is 79.9 cm³/mol. The highest BCUT2D eigenvalue weighted by atomic mass is 79.9. The lowest BCUT2D eigenvalue weighted by molar-refractivity contribution is 0.287. The molecular weight excluding hydrogens is 376 g/mol. The number of benzene rings is 1. The van der Waals surface area contributed by atoms with Gasteiger partial charge < -0.3 is 14.6 Å². The van der Waals surface area contributed by atoms with Gasteiger partial charge in [-0.1, -0.05) is 0 Å². The van der Waals surface area contributed by atoms with Gasteiger partial charge in [-0.25, -0.2) is 0 Å². The minimum Gasteiger partial charge on any atom is -0.483 e. The Morgan fingerprint density at radius 3 is 2.53 bits per heavy atom. The largest absolute Gasteiger partial charge is 0.483 e. The van der Waals surface area contributed by atoms with E-state index in [9.17, 15) is 0 Å². The third-order valence-corrected chi connectivity index (χ3v) is 3.77. The molecule has 1 aromatic carbocycles. The summed E-state index contributed by atoms with van der Waals surface area (Å²) in [6, 6.07) is 4.07. The molecule has 7 heteroatoms. The highest BCUT2D eigenvalue weighted by Crippen LogP contribution is 2.35. The summed E-state index contributed by atoms with van der Waals surface area (Å²) in [6.45, 7) is 1.18.